The van der Waals surface area contributed by atoms with Gasteiger partial charge in [-0.2, -0.15) is 0 Å². The summed E-state index contributed by atoms with van der Waals surface area (Å²) in [4.78, 5) is 17.0. The second-order valence-corrected chi connectivity index (χ2v) is 7.50. The monoisotopic (exact) mass is 375 g/mol. The predicted molar refractivity (Wildman–Crippen MR) is 109 cm³/mol. The first kappa shape index (κ1) is 18.4. The van der Waals surface area contributed by atoms with Gasteiger partial charge in [-0.3, -0.25) is 9.69 Å². The van der Waals surface area contributed by atoms with Crippen LogP contribution >= 0.6 is 0 Å². The molecule has 3 aromatic rings. The topological polar surface area (TPSA) is 49.6 Å². The zero-order valence-corrected chi connectivity index (χ0v) is 16.4. The lowest BCUT2D eigenvalue weighted by molar-refractivity contribution is 0.0618. The zero-order valence-electron chi connectivity index (χ0n) is 16.4. The van der Waals surface area contributed by atoms with Crippen molar-refractivity contribution < 1.29 is 9.32 Å². The third kappa shape index (κ3) is 4.15. The number of aromatic nitrogens is 1. The van der Waals surface area contributed by atoms with Gasteiger partial charge in [-0.05, 0) is 19.4 Å². The first-order valence-electron chi connectivity index (χ1n) is 9.69. The summed E-state index contributed by atoms with van der Waals surface area (Å²) in [6.07, 6.45) is 0. The van der Waals surface area contributed by atoms with E-state index in [9.17, 15) is 4.79 Å². The fraction of sp³-hybridized carbons (Fsp3) is 0.304. The van der Waals surface area contributed by atoms with Crippen LogP contribution in [0.15, 0.2) is 59.1 Å². The molecule has 2 aromatic carbocycles. The smallest absolute Gasteiger partial charge is 0.276 e. The van der Waals surface area contributed by atoms with E-state index in [1.54, 1.807) is 6.07 Å². The van der Waals surface area contributed by atoms with Crippen LogP contribution < -0.4 is 0 Å². The Kier molecular flexibility index (Phi) is 5.26. The number of aryl methyl sites for hydroxylation is 2. The predicted octanol–water partition coefficient (Wildman–Crippen LogP) is 3.92. The summed E-state index contributed by atoms with van der Waals surface area (Å²) in [6, 6.07) is 18.4. The molecule has 0 spiro atoms. The molecule has 1 aliphatic heterocycles. The van der Waals surface area contributed by atoms with Gasteiger partial charge in [-0.1, -0.05) is 64.8 Å². The number of benzene rings is 2. The lowest BCUT2D eigenvalue weighted by atomic mass is 10.1. The van der Waals surface area contributed by atoms with Gasteiger partial charge in [0.15, 0.2) is 11.5 Å². The quantitative estimate of drug-likeness (QED) is 0.694. The van der Waals surface area contributed by atoms with Gasteiger partial charge in [0.05, 0.1) is 0 Å². The van der Waals surface area contributed by atoms with Gasteiger partial charge >= 0.3 is 0 Å². The van der Waals surface area contributed by atoms with Crippen molar-refractivity contribution in [2.75, 3.05) is 26.2 Å². The Hall–Kier alpha value is -2.92. The van der Waals surface area contributed by atoms with E-state index in [-0.39, 0.29) is 5.91 Å². The number of piperazine rings is 1. The Morgan fingerprint density at radius 3 is 2.18 bits per heavy atom. The lowest BCUT2D eigenvalue weighted by Gasteiger charge is -2.34. The Labute approximate surface area is 165 Å². The van der Waals surface area contributed by atoms with Gasteiger partial charge in [-0.25, -0.2) is 0 Å². The third-order valence-electron chi connectivity index (χ3n) is 5.25. The van der Waals surface area contributed by atoms with Crippen LogP contribution in [-0.2, 0) is 6.54 Å². The summed E-state index contributed by atoms with van der Waals surface area (Å²) in [5.74, 6) is 0.568. The first-order valence-corrected chi connectivity index (χ1v) is 9.69. The average Bonchev–Trinajstić information content (AvgIpc) is 3.20. The van der Waals surface area contributed by atoms with E-state index in [0.717, 1.165) is 25.2 Å². The maximum atomic E-state index is 12.8. The molecule has 0 bridgehead atoms. The molecule has 2 heterocycles. The molecule has 1 saturated heterocycles. The van der Waals surface area contributed by atoms with Crippen molar-refractivity contribution in [3.05, 3.63) is 77.0 Å². The second-order valence-electron chi connectivity index (χ2n) is 7.50. The molecule has 1 aliphatic rings. The van der Waals surface area contributed by atoms with Gasteiger partial charge in [0.25, 0.3) is 5.91 Å². The summed E-state index contributed by atoms with van der Waals surface area (Å²) in [5, 5.41) is 4.01. The van der Waals surface area contributed by atoms with Crippen LogP contribution in [0.3, 0.4) is 0 Å². The highest BCUT2D eigenvalue weighted by Crippen LogP contribution is 2.22. The fourth-order valence-corrected chi connectivity index (χ4v) is 3.45. The number of nitrogens with zero attached hydrogens (tertiary/aromatic N) is 3. The molecule has 5 nitrogen and oxygen atoms in total. The third-order valence-corrected chi connectivity index (χ3v) is 5.25. The fourth-order valence-electron chi connectivity index (χ4n) is 3.45. The molecular weight excluding hydrogens is 350 g/mol. The Balaban J connectivity index is 1.35. The van der Waals surface area contributed by atoms with Crippen LogP contribution in [0, 0.1) is 13.8 Å². The highest BCUT2D eigenvalue weighted by Gasteiger charge is 2.24. The largest absolute Gasteiger partial charge is 0.355 e. The molecule has 1 fully saturated rings. The van der Waals surface area contributed by atoms with E-state index in [1.165, 1.54) is 16.7 Å². The Bertz CT molecular complexity index is 937. The first-order chi connectivity index (χ1) is 13.6. The van der Waals surface area contributed by atoms with Crippen molar-refractivity contribution in [3.63, 3.8) is 0 Å². The molecule has 0 radical (unpaired) electrons. The van der Waals surface area contributed by atoms with E-state index in [4.69, 9.17) is 4.52 Å². The number of amides is 1. The summed E-state index contributed by atoms with van der Waals surface area (Å²) >= 11 is 0. The van der Waals surface area contributed by atoms with Gasteiger partial charge in [-0.15, -0.1) is 0 Å². The van der Waals surface area contributed by atoms with E-state index >= 15 is 0 Å². The van der Waals surface area contributed by atoms with Crippen molar-refractivity contribution in [2.24, 2.45) is 0 Å². The Morgan fingerprint density at radius 2 is 1.54 bits per heavy atom. The van der Waals surface area contributed by atoms with Gasteiger partial charge < -0.3 is 9.42 Å². The van der Waals surface area contributed by atoms with Crippen LogP contribution in [0.25, 0.3) is 11.3 Å². The van der Waals surface area contributed by atoms with Crippen molar-refractivity contribution in [2.45, 2.75) is 20.4 Å². The summed E-state index contributed by atoms with van der Waals surface area (Å²) < 4.78 is 5.40. The number of rotatable bonds is 4. The highest BCUT2D eigenvalue weighted by atomic mass is 16.5. The maximum Gasteiger partial charge on any atom is 0.276 e. The standard InChI is InChI=1S/C23H25N3O2/c1-17-3-7-19(8-4-17)16-25-11-13-26(14-12-25)23(27)21-15-22(28-24-21)20-9-5-18(2)6-10-20/h3-10,15H,11-14,16H2,1-2H3. The minimum absolute atomic E-state index is 0.0582. The molecule has 1 aromatic heterocycles. The number of hydrogen-bond donors (Lipinski definition) is 0. The van der Waals surface area contributed by atoms with Gasteiger partial charge in [0, 0.05) is 44.4 Å². The minimum atomic E-state index is -0.0582. The normalized spacial score (nSPS) is 15.0. The van der Waals surface area contributed by atoms with Crippen molar-refractivity contribution in [3.8, 4) is 11.3 Å². The maximum absolute atomic E-state index is 12.8. The molecule has 0 N–H and O–H groups in total. The molecule has 28 heavy (non-hydrogen) atoms. The minimum Gasteiger partial charge on any atom is -0.355 e. The Morgan fingerprint density at radius 1 is 0.929 bits per heavy atom. The number of carbonyl (C=O) groups excluding carboxylic acids is 1. The van der Waals surface area contributed by atoms with E-state index in [2.05, 4.69) is 41.2 Å². The number of hydrogen-bond acceptors (Lipinski definition) is 4. The SMILES string of the molecule is Cc1ccc(CN2CCN(C(=O)c3cc(-c4ccc(C)cc4)on3)CC2)cc1. The van der Waals surface area contributed by atoms with E-state index in [1.807, 2.05) is 36.1 Å². The molecule has 0 unspecified atom stereocenters. The summed E-state index contributed by atoms with van der Waals surface area (Å²) in [5.41, 5.74) is 5.08. The average molecular weight is 375 g/mol. The van der Waals surface area contributed by atoms with Gasteiger partial charge in [0.1, 0.15) is 0 Å². The number of carbonyl (C=O) groups is 1. The van der Waals surface area contributed by atoms with Crippen LogP contribution in [-0.4, -0.2) is 47.0 Å². The van der Waals surface area contributed by atoms with Crippen LogP contribution in [0.1, 0.15) is 27.2 Å². The van der Waals surface area contributed by atoms with E-state index < -0.39 is 0 Å². The molecule has 1 amide bonds. The molecule has 0 aliphatic carbocycles. The van der Waals surface area contributed by atoms with Crippen LogP contribution in [0.2, 0.25) is 0 Å². The van der Waals surface area contributed by atoms with Crippen LogP contribution in [0.4, 0.5) is 0 Å². The van der Waals surface area contributed by atoms with Crippen molar-refractivity contribution in [1.29, 1.82) is 0 Å². The molecule has 144 valence electrons. The lowest BCUT2D eigenvalue weighted by Crippen LogP contribution is -2.48. The van der Waals surface area contributed by atoms with Gasteiger partial charge in [0.2, 0.25) is 0 Å². The van der Waals surface area contributed by atoms with Crippen molar-refractivity contribution >= 4 is 5.91 Å². The molecule has 4 rings (SSSR count). The molecule has 5 heteroatoms. The summed E-state index contributed by atoms with van der Waals surface area (Å²) in [7, 11) is 0. The molecular formula is C23H25N3O2. The molecule has 0 atom stereocenters. The van der Waals surface area contributed by atoms with Crippen molar-refractivity contribution in [1.82, 2.24) is 15.0 Å². The van der Waals surface area contributed by atoms with Crippen LogP contribution in [0.5, 0.6) is 0 Å². The highest BCUT2D eigenvalue weighted by molar-refractivity contribution is 5.93. The second kappa shape index (κ2) is 7.98. The summed E-state index contributed by atoms with van der Waals surface area (Å²) in [6.45, 7) is 8.20. The zero-order chi connectivity index (χ0) is 19.5. The molecule has 0 saturated carbocycles. The van der Waals surface area contributed by atoms with E-state index in [0.29, 0.717) is 24.5 Å².